The van der Waals surface area contributed by atoms with Crippen LogP contribution in [0, 0.1) is 0 Å². The van der Waals surface area contributed by atoms with Gasteiger partial charge in [0.25, 0.3) is 0 Å². The molecule has 0 aliphatic rings. The van der Waals surface area contributed by atoms with Crippen LogP contribution in [0.15, 0.2) is 12.1 Å². The summed E-state index contributed by atoms with van der Waals surface area (Å²) in [5.41, 5.74) is 1.19. The summed E-state index contributed by atoms with van der Waals surface area (Å²) < 4.78 is 5.62. The van der Waals surface area contributed by atoms with Gasteiger partial charge in [-0.1, -0.05) is 13.3 Å². The number of ketones is 1. The number of aryl methyl sites for hydroxylation is 1. The number of benzene rings is 1. The van der Waals surface area contributed by atoms with Crippen molar-refractivity contribution in [1.82, 2.24) is 0 Å². The molecule has 0 aliphatic carbocycles. The van der Waals surface area contributed by atoms with Crippen LogP contribution < -0.4 is 4.74 Å². The van der Waals surface area contributed by atoms with Crippen molar-refractivity contribution < 1.29 is 24.5 Å². The number of Topliss-reactive ketones (excluding diaryl/α,β-unsaturated/α-hetero) is 1. The minimum Gasteiger partial charge on any atom is -0.507 e. The molecule has 1 rings (SSSR count). The van der Waals surface area contributed by atoms with Crippen LogP contribution in [0.2, 0.25) is 0 Å². The first-order valence-electron chi connectivity index (χ1n) is 7.17. The number of carboxylic acid groups (broad SMARTS) is 1. The van der Waals surface area contributed by atoms with Gasteiger partial charge in [-0.15, -0.1) is 0 Å². The van der Waals surface area contributed by atoms with Gasteiger partial charge >= 0.3 is 5.97 Å². The van der Waals surface area contributed by atoms with Crippen LogP contribution in [0.25, 0.3) is 0 Å². The number of carbonyl (C=O) groups excluding carboxylic acids is 1. The van der Waals surface area contributed by atoms with E-state index in [2.05, 4.69) is 0 Å². The summed E-state index contributed by atoms with van der Waals surface area (Å²) in [6.07, 6.45) is 2.96. The van der Waals surface area contributed by atoms with Gasteiger partial charge in [0.05, 0.1) is 12.2 Å². The Kier molecular flexibility index (Phi) is 6.72. The third-order valence-electron chi connectivity index (χ3n) is 3.12. The van der Waals surface area contributed by atoms with Crippen LogP contribution in [0.3, 0.4) is 0 Å². The van der Waals surface area contributed by atoms with Crippen molar-refractivity contribution in [3.05, 3.63) is 23.3 Å². The molecule has 0 bridgehead atoms. The molecule has 0 saturated carbocycles. The van der Waals surface area contributed by atoms with E-state index < -0.39 is 5.97 Å². The SMILES string of the molecule is CCCc1cc(C(C)=O)c(O)cc1OCCCCC(=O)O. The second-order valence-electron chi connectivity index (χ2n) is 4.98. The fourth-order valence-corrected chi connectivity index (χ4v) is 2.06. The van der Waals surface area contributed by atoms with Crippen molar-refractivity contribution in [2.24, 2.45) is 0 Å². The maximum atomic E-state index is 11.4. The molecule has 0 fully saturated rings. The average Bonchev–Trinajstić information content (AvgIpc) is 2.40. The average molecular weight is 294 g/mol. The van der Waals surface area contributed by atoms with E-state index in [0.717, 1.165) is 18.4 Å². The van der Waals surface area contributed by atoms with E-state index in [4.69, 9.17) is 9.84 Å². The van der Waals surface area contributed by atoms with Crippen LogP contribution in [-0.2, 0) is 11.2 Å². The largest absolute Gasteiger partial charge is 0.507 e. The number of hydrogen-bond acceptors (Lipinski definition) is 4. The molecule has 0 heterocycles. The number of unbranched alkanes of at least 4 members (excludes halogenated alkanes) is 1. The van der Waals surface area contributed by atoms with E-state index in [1.807, 2.05) is 6.92 Å². The molecule has 5 heteroatoms. The minimum atomic E-state index is -0.815. The highest BCUT2D eigenvalue weighted by Gasteiger charge is 2.13. The molecule has 0 spiro atoms. The molecular formula is C16H22O5. The zero-order valence-corrected chi connectivity index (χ0v) is 12.5. The van der Waals surface area contributed by atoms with Gasteiger partial charge < -0.3 is 14.9 Å². The van der Waals surface area contributed by atoms with E-state index in [9.17, 15) is 14.7 Å². The second-order valence-corrected chi connectivity index (χ2v) is 4.98. The lowest BCUT2D eigenvalue weighted by Crippen LogP contribution is -2.04. The molecule has 0 radical (unpaired) electrons. The number of carboxylic acids is 1. The van der Waals surface area contributed by atoms with Gasteiger partial charge in [-0.25, -0.2) is 0 Å². The predicted molar refractivity (Wildman–Crippen MR) is 79.1 cm³/mol. The molecule has 1 aromatic rings. The molecule has 2 N–H and O–H groups in total. The Balaban J connectivity index is 2.73. The molecule has 21 heavy (non-hydrogen) atoms. The maximum absolute atomic E-state index is 11.4. The van der Waals surface area contributed by atoms with Gasteiger partial charge in [0, 0.05) is 12.5 Å². The summed E-state index contributed by atoms with van der Waals surface area (Å²) in [6, 6.07) is 3.15. The van der Waals surface area contributed by atoms with Crippen LogP contribution in [-0.4, -0.2) is 28.6 Å². The quantitative estimate of drug-likeness (QED) is 0.540. The lowest BCUT2D eigenvalue weighted by Gasteiger charge is -2.13. The van der Waals surface area contributed by atoms with Crippen molar-refractivity contribution in [2.75, 3.05) is 6.61 Å². The normalized spacial score (nSPS) is 10.4. The third kappa shape index (κ3) is 5.45. The lowest BCUT2D eigenvalue weighted by atomic mass is 10.0. The number of aliphatic carboxylic acids is 1. The molecule has 0 atom stereocenters. The molecular weight excluding hydrogens is 272 g/mol. The van der Waals surface area contributed by atoms with E-state index in [1.165, 1.54) is 13.0 Å². The van der Waals surface area contributed by atoms with Crippen molar-refractivity contribution in [1.29, 1.82) is 0 Å². The van der Waals surface area contributed by atoms with E-state index in [-0.39, 0.29) is 18.0 Å². The standard InChI is InChI=1S/C16H22O5/c1-3-6-12-9-13(11(2)17)14(18)10-15(12)21-8-5-4-7-16(19)20/h9-10,18H,3-8H2,1-2H3,(H,19,20). The van der Waals surface area contributed by atoms with Crippen LogP contribution in [0.5, 0.6) is 11.5 Å². The minimum absolute atomic E-state index is 0.0807. The summed E-state index contributed by atoms with van der Waals surface area (Å²) in [4.78, 5) is 21.9. The third-order valence-corrected chi connectivity index (χ3v) is 3.12. The van der Waals surface area contributed by atoms with Crippen molar-refractivity contribution in [2.45, 2.75) is 46.0 Å². The molecule has 116 valence electrons. The molecule has 0 saturated heterocycles. The Morgan fingerprint density at radius 1 is 1.24 bits per heavy atom. The summed E-state index contributed by atoms with van der Waals surface area (Å²) in [5, 5.41) is 18.4. The zero-order valence-electron chi connectivity index (χ0n) is 12.5. The molecule has 0 aromatic heterocycles. The molecule has 1 aromatic carbocycles. The highest BCUT2D eigenvalue weighted by Crippen LogP contribution is 2.30. The Hall–Kier alpha value is -2.04. The van der Waals surface area contributed by atoms with Crippen LogP contribution >= 0.6 is 0 Å². The second kappa shape index (κ2) is 8.29. The zero-order chi connectivity index (χ0) is 15.8. The van der Waals surface area contributed by atoms with Gasteiger partial charge in [0.2, 0.25) is 0 Å². The van der Waals surface area contributed by atoms with Gasteiger partial charge in [0.1, 0.15) is 11.5 Å². The van der Waals surface area contributed by atoms with Crippen LogP contribution in [0.4, 0.5) is 0 Å². The number of phenols is 1. The fourth-order valence-electron chi connectivity index (χ4n) is 2.06. The molecule has 0 unspecified atom stereocenters. The first kappa shape index (κ1) is 17.0. The van der Waals surface area contributed by atoms with Gasteiger partial charge in [0.15, 0.2) is 5.78 Å². The molecule has 0 aliphatic heterocycles. The molecule has 5 nitrogen and oxygen atoms in total. The predicted octanol–water partition coefficient (Wildman–Crippen LogP) is 3.18. The summed E-state index contributed by atoms with van der Waals surface area (Å²) in [6.45, 7) is 3.83. The Morgan fingerprint density at radius 3 is 2.52 bits per heavy atom. The molecule has 0 amide bonds. The van der Waals surface area contributed by atoms with Gasteiger partial charge in [-0.2, -0.15) is 0 Å². The number of rotatable bonds is 9. The van der Waals surface area contributed by atoms with Crippen molar-refractivity contribution >= 4 is 11.8 Å². The summed E-state index contributed by atoms with van der Waals surface area (Å²) in [5.74, 6) is -0.513. The van der Waals surface area contributed by atoms with E-state index in [1.54, 1.807) is 6.07 Å². The Labute approximate surface area is 124 Å². The summed E-state index contributed by atoms with van der Waals surface area (Å²) in [7, 11) is 0. The maximum Gasteiger partial charge on any atom is 0.303 e. The Bertz CT molecular complexity index is 508. The highest BCUT2D eigenvalue weighted by atomic mass is 16.5. The van der Waals surface area contributed by atoms with Crippen molar-refractivity contribution in [3.8, 4) is 11.5 Å². The number of aromatic hydroxyl groups is 1. The van der Waals surface area contributed by atoms with E-state index in [0.29, 0.717) is 30.8 Å². The lowest BCUT2D eigenvalue weighted by molar-refractivity contribution is -0.137. The van der Waals surface area contributed by atoms with E-state index >= 15 is 0 Å². The Morgan fingerprint density at radius 2 is 1.95 bits per heavy atom. The first-order chi connectivity index (χ1) is 9.95. The monoisotopic (exact) mass is 294 g/mol. The summed E-state index contributed by atoms with van der Waals surface area (Å²) >= 11 is 0. The van der Waals surface area contributed by atoms with Crippen molar-refractivity contribution in [3.63, 3.8) is 0 Å². The highest BCUT2D eigenvalue weighted by molar-refractivity contribution is 5.97. The van der Waals surface area contributed by atoms with Gasteiger partial charge in [-0.3, -0.25) is 9.59 Å². The number of phenolic OH excluding ortho intramolecular Hbond substituents is 1. The topological polar surface area (TPSA) is 83.8 Å². The first-order valence-corrected chi connectivity index (χ1v) is 7.17. The fraction of sp³-hybridized carbons (Fsp3) is 0.500. The number of ether oxygens (including phenoxy) is 1. The van der Waals surface area contributed by atoms with Gasteiger partial charge in [-0.05, 0) is 37.8 Å². The van der Waals surface area contributed by atoms with Crippen LogP contribution in [0.1, 0.15) is 55.5 Å². The number of hydrogen-bond donors (Lipinski definition) is 2. The number of carbonyl (C=O) groups is 2. The smallest absolute Gasteiger partial charge is 0.303 e.